The van der Waals surface area contributed by atoms with E-state index >= 15 is 0 Å². The summed E-state index contributed by atoms with van der Waals surface area (Å²) in [4.78, 5) is 17.1. The Morgan fingerprint density at radius 3 is 3.00 bits per heavy atom. The molecule has 1 aromatic rings. The molecule has 0 spiro atoms. The van der Waals surface area contributed by atoms with Crippen molar-refractivity contribution in [3.05, 3.63) is 42.5 Å². The molecule has 1 amide bonds. The highest BCUT2D eigenvalue weighted by Crippen LogP contribution is 2.19. The van der Waals surface area contributed by atoms with Crippen LogP contribution in [0.2, 0.25) is 0 Å². The van der Waals surface area contributed by atoms with Gasteiger partial charge in [-0.3, -0.25) is 9.69 Å². The largest absolute Gasteiger partial charge is 0.497 e. The molecule has 126 valence electrons. The maximum absolute atomic E-state index is 13.0. The Labute approximate surface area is 139 Å². The van der Waals surface area contributed by atoms with Gasteiger partial charge in [0.25, 0.3) is 0 Å². The second-order valence-electron chi connectivity index (χ2n) is 6.20. The van der Waals surface area contributed by atoms with Gasteiger partial charge in [0.1, 0.15) is 5.75 Å². The zero-order chi connectivity index (χ0) is 16.7. The van der Waals surface area contributed by atoms with Crippen molar-refractivity contribution in [2.45, 2.75) is 38.3 Å². The molecular weight excluding hydrogens is 288 g/mol. The van der Waals surface area contributed by atoms with E-state index in [-0.39, 0.29) is 11.9 Å². The second kappa shape index (κ2) is 8.73. The van der Waals surface area contributed by atoms with E-state index in [9.17, 15) is 4.79 Å². The van der Waals surface area contributed by atoms with Crippen LogP contribution in [0.1, 0.15) is 31.2 Å². The molecule has 1 aromatic carbocycles. The highest BCUT2D eigenvalue weighted by molar-refractivity contribution is 5.82. The van der Waals surface area contributed by atoms with E-state index < -0.39 is 0 Å². The van der Waals surface area contributed by atoms with E-state index in [1.54, 1.807) is 13.2 Å². The van der Waals surface area contributed by atoms with Gasteiger partial charge in [-0.2, -0.15) is 0 Å². The van der Waals surface area contributed by atoms with Crippen molar-refractivity contribution in [3.8, 4) is 5.75 Å². The first-order chi connectivity index (χ1) is 11.2. The van der Waals surface area contributed by atoms with Crippen LogP contribution in [-0.2, 0) is 11.3 Å². The minimum Gasteiger partial charge on any atom is -0.497 e. The van der Waals surface area contributed by atoms with Crippen LogP contribution in [0.4, 0.5) is 0 Å². The highest BCUT2D eigenvalue weighted by atomic mass is 16.5. The van der Waals surface area contributed by atoms with Crippen LogP contribution >= 0.6 is 0 Å². The molecule has 0 unspecified atom stereocenters. The Morgan fingerprint density at radius 1 is 1.43 bits per heavy atom. The maximum atomic E-state index is 13.0. The van der Waals surface area contributed by atoms with Crippen molar-refractivity contribution in [1.29, 1.82) is 0 Å². The van der Waals surface area contributed by atoms with E-state index in [1.807, 2.05) is 29.2 Å². The fraction of sp³-hybridized carbons (Fsp3) is 0.526. The van der Waals surface area contributed by atoms with Gasteiger partial charge in [-0.1, -0.05) is 31.1 Å². The van der Waals surface area contributed by atoms with Gasteiger partial charge in [0, 0.05) is 13.1 Å². The first kappa shape index (κ1) is 17.5. The Morgan fingerprint density at radius 2 is 2.26 bits per heavy atom. The number of likely N-dealkylation sites (N-methyl/N-ethyl adjacent to an activating group) is 1. The predicted octanol–water partition coefficient (Wildman–Crippen LogP) is 3.08. The lowest BCUT2D eigenvalue weighted by atomic mass is 10.1. The summed E-state index contributed by atoms with van der Waals surface area (Å²) in [6.07, 6.45) is 6.26. The Hall–Kier alpha value is -1.81. The summed E-state index contributed by atoms with van der Waals surface area (Å²) < 4.78 is 5.27. The smallest absolute Gasteiger partial charge is 0.240 e. The summed E-state index contributed by atoms with van der Waals surface area (Å²) in [5.41, 5.74) is 1.08. The number of hydrogen-bond acceptors (Lipinski definition) is 3. The third-order valence-corrected chi connectivity index (χ3v) is 4.47. The fourth-order valence-electron chi connectivity index (χ4n) is 3.15. The number of likely N-dealkylation sites (tertiary alicyclic amines) is 1. The van der Waals surface area contributed by atoms with Gasteiger partial charge < -0.3 is 9.64 Å². The number of methoxy groups -OCH3 is 1. The van der Waals surface area contributed by atoms with Crippen molar-refractivity contribution in [1.82, 2.24) is 9.80 Å². The lowest BCUT2D eigenvalue weighted by Gasteiger charge is -2.31. The number of rotatable bonds is 6. The van der Waals surface area contributed by atoms with Gasteiger partial charge in [0.05, 0.1) is 13.2 Å². The summed E-state index contributed by atoms with van der Waals surface area (Å²) in [5, 5.41) is 0. The summed E-state index contributed by atoms with van der Waals surface area (Å²) in [5.74, 6) is 1.03. The SMILES string of the molecule is C=CCN(Cc1cccc(OC)c1)C(=O)[C@@H]1CCCCCN1C. The monoisotopic (exact) mass is 316 g/mol. The first-order valence-electron chi connectivity index (χ1n) is 8.38. The van der Waals surface area contributed by atoms with Gasteiger partial charge in [0.15, 0.2) is 0 Å². The third-order valence-electron chi connectivity index (χ3n) is 4.47. The molecule has 0 N–H and O–H groups in total. The standard InChI is InChI=1S/C19H28N2O2/c1-4-12-21(15-16-9-8-10-17(14-16)23-3)19(22)18-11-6-5-7-13-20(18)2/h4,8-10,14,18H,1,5-7,11-13,15H2,2-3H3/t18-/m0/s1. The van der Waals surface area contributed by atoms with Gasteiger partial charge in [-0.15, -0.1) is 6.58 Å². The summed E-state index contributed by atoms with van der Waals surface area (Å²) in [6, 6.07) is 7.89. The molecule has 23 heavy (non-hydrogen) atoms. The number of carbonyl (C=O) groups is 1. The molecule has 1 saturated heterocycles. The van der Waals surface area contributed by atoms with E-state index in [2.05, 4.69) is 18.5 Å². The van der Waals surface area contributed by atoms with E-state index in [4.69, 9.17) is 4.74 Å². The Kier molecular flexibility index (Phi) is 6.66. The van der Waals surface area contributed by atoms with Gasteiger partial charge in [-0.25, -0.2) is 0 Å². The molecule has 0 radical (unpaired) electrons. The number of ether oxygens (including phenoxy) is 1. The molecule has 1 fully saturated rings. The average Bonchev–Trinajstić information content (AvgIpc) is 2.78. The number of amides is 1. The van der Waals surface area contributed by atoms with E-state index in [0.717, 1.165) is 30.7 Å². The average molecular weight is 316 g/mol. The first-order valence-corrected chi connectivity index (χ1v) is 8.38. The van der Waals surface area contributed by atoms with E-state index in [0.29, 0.717) is 13.1 Å². The Bertz CT molecular complexity index is 530. The lowest BCUT2D eigenvalue weighted by Crippen LogP contribution is -2.46. The number of nitrogens with zero attached hydrogens (tertiary/aromatic N) is 2. The van der Waals surface area contributed by atoms with Crippen LogP contribution in [-0.4, -0.2) is 49.0 Å². The zero-order valence-corrected chi connectivity index (χ0v) is 14.3. The predicted molar refractivity (Wildman–Crippen MR) is 93.5 cm³/mol. The molecule has 1 aliphatic heterocycles. The summed E-state index contributed by atoms with van der Waals surface area (Å²) in [6.45, 7) is 5.97. The van der Waals surface area contributed by atoms with Crippen LogP contribution < -0.4 is 4.74 Å². The van der Waals surface area contributed by atoms with Crippen molar-refractivity contribution in [2.24, 2.45) is 0 Å². The van der Waals surface area contributed by atoms with Crippen LogP contribution in [0, 0.1) is 0 Å². The van der Waals surface area contributed by atoms with Crippen molar-refractivity contribution < 1.29 is 9.53 Å². The number of carbonyl (C=O) groups excluding carboxylic acids is 1. The molecule has 0 aliphatic carbocycles. The molecule has 1 aliphatic rings. The zero-order valence-electron chi connectivity index (χ0n) is 14.3. The minimum absolute atomic E-state index is 0.0111. The van der Waals surface area contributed by atoms with Gasteiger partial charge in [0.2, 0.25) is 5.91 Å². The Balaban J connectivity index is 2.12. The van der Waals surface area contributed by atoms with Crippen LogP contribution in [0.15, 0.2) is 36.9 Å². The fourth-order valence-corrected chi connectivity index (χ4v) is 3.15. The van der Waals surface area contributed by atoms with Gasteiger partial charge >= 0.3 is 0 Å². The van der Waals surface area contributed by atoms with Crippen LogP contribution in [0.5, 0.6) is 5.75 Å². The lowest BCUT2D eigenvalue weighted by molar-refractivity contribution is -0.136. The summed E-state index contributed by atoms with van der Waals surface area (Å²) >= 11 is 0. The van der Waals surface area contributed by atoms with Crippen molar-refractivity contribution >= 4 is 5.91 Å². The van der Waals surface area contributed by atoms with Crippen molar-refractivity contribution in [3.63, 3.8) is 0 Å². The molecular formula is C19H28N2O2. The minimum atomic E-state index is -0.0111. The molecule has 0 aromatic heterocycles. The maximum Gasteiger partial charge on any atom is 0.240 e. The molecule has 0 saturated carbocycles. The topological polar surface area (TPSA) is 32.8 Å². The number of hydrogen-bond donors (Lipinski definition) is 0. The number of benzene rings is 1. The third kappa shape index (κ3) is 4.83. The van der Waals surface area contributed by atoms with Crippen LogP contribution in [0.25, 0.3) is 0 Å². The normalized spacial score (nSPS) is 19.0. The summed E-state index contributed by atoms with van der Waals surface area (Å²) in [7, 11) is 3.72. The van der Waals surface area contributed by atoms with Crippen molar-refractivity contribution in [2.75, 3.05) is 27.2 Å². The molecule has 4 heteroatoms. The van der Waals surface area contributed by atoms with Gasteiger partial charge in [-0.05, 0) is 44.1 Å². The quantitative estimate of drug-likeness (QED) is 0.756. The molecule has 2 rings (SSSR count). The highest BCUT2D eigenvalue weighted by Gasteiger charge is 2.28. The second-order valence-corrected chi connectivity index (χ2v) is 6.20. The molecule has 1 atom stereocenters. The van der Waals surface area contributed by atoms with Crippen LogP contribution in [0.3, 0.4) is 0 Å². The molecule has 4 nitrogen and oxygen atoms in total. The molecule has 0 bridgehead atoms. The molecule has 1 heterocycles. The van der Waals surface area contributed by atoms with E-state index in [1.165, 1.54) is 12.8 Å².